The van der Waals surface area contributed by atoms with Crippen LogP contribution in [0.5, 0.6) is 0 Å². The molecule has 0 saturated carbocycles. The molecule has 0 bridgehead atoms. The first-order valence-electron chi connectivity index (χ1n) is 9.10. The molecule has 4 rings (SSSR count). The van der Waals surface area contributed by atoms with E-state index < -0.39 is 0 Å². The van der Waals surface area contributed by atoms with E-state index in [0.29, 0.717) is 34.4 Å². The van der Waals surface area contributed by atoms with E-state index in [0.717, 1.165) is 11.3 Å². The van der Waals surface area contributed by atoms with Gasteiger partial charge in [-0.1, -0.05) is 0 Å². The van der Waals surface area contributed by atoms with E-state index in [4.69, 9.17) is 9.15 Å². The number of carbonyl (C=O) groups excluding carboxylic acids is 1. The Hall–Kier alpha value is -2.90. The molecule has 2 atom stereocenters. The monoisotopic (exact) mass is 384 g/mol. The molecule has 3 aromatic rings. The topological polar surface area (TPSA) is 83.7 Å². The number of aliphatic hydroxyl groups is 1. The van der Waals surface area contributed by atoms with Crippen LogP contribution >= 0.6 is 0 Å². The van der Waals surface area contributed by atoms with Crippen LogP contribution < -0.4 is 10.6 Å². The lowest BCUT2D eigenvalue weighted by Crippen LogP contribution is -2.25. The lowest BCUT2D eigenvalue weighted by atomic mass is 10.0. The van der Waals surface area contributed by atoms with Crippen molar-refractivity contribution in [2.45, 2.75) is 19.1 Å². The molecule has 1 aromatic heterocycles. The second-order valence-corrected chi connectivity index (χ2v) is 6.79. The summed E-state index contributed by atoms with van der Waals surface area (Å²) in [5, 5.41) is 16.0. The van der Waals surface area contributed by atoms with Crippen molar-refractivity contribution in [1.82, 2.24) is 5.32 Å². The van der Waals surface area contributed by atoms with Crippen LogP contribution in [0.2, 0.25) is 0 Å². The van der Waals surface area contributed by atoms with E-state index in [1.165, 1.54) is 12.1 Å². The Labute approximate surface area is 161 Å². The quantitative estimate of drug-likeness (QED) is 0.644. The van der Waals surface area contributed by atoms with Gasteiger partial charge in [-0.25, -0.2) is 4.39 Å². The highest BCUT2D eigenvalue weighted by Crippen LogP contribution is 2.39. The number of furan rings is 1. The zero-order valence-corrected chi connectivity index (χ0v) is 15.6. The molecule has 3 N–H and O–H groups in total. The van der Waals surface area contributed by atoms with Crippen molar-refractivity contribution >= 4 is 22.6 Å². The van der Waals surface area contributed by atoms with Crippen molar-refractivity contribution in [3.63, 3.8) is 0 Å². The minimum absolute atomic E-state index is 0.0837. The third kappa shape index (κ3) is 3.12. The van der Waals surface area contributed by atoms with Gasteiger partial charge in [-0.05, 0) is 37.3 Å². The highest BCUT2D eigenvalue weighted by molar-refractivity contribution is 6.11. The van der Waals surface area contributed by atoms with Crippen LogP contribution in [0.1, 0.15) is 28.9 Å². The Morgan fingerprint density at radius 1 is 1.32 bits per heavy atom. The fourth-order valence-corrected chi connectivity index (χ4v) is 3.55. The Kier molecular flexibility index (Phi) is 4.78. The van der Waals surface area contributed by atoms with Crippen molar-refractivity contribution in [3.8, 4) is 11.3 Å². The molecule has 146 valence electrons. The second-order valence-electron chi connectivity index (χ2n) is 6.79. The largest absolute Gasteiger partial charge is 0.455 e. The van der Waals surface area contributed by atoms with E-state index in [1.54, 1.807) is 19.2 Å². The first-order chi connectivity index (χ1) is 13.5. The molecule has 2 heterocycles. The van der Waals surface area contributed by atoms with Crippen LogP contribution in [-0.2, 0) is 4.74 Å². The molecule has 0 fully saturated rings. The van der Waals surface area contributed by atoms with Gasteiger partial charge in [-0.15, -0.1) is 0 Å². The van der Waals surface area contributed by atoms with Crippen molar-refractivity contribution in [2.24, 2.45) is 0 Å². The Bertz CT molecular complexity index is 1030. The number of carbonyl (C=O) groups is 1. The maximum absolute atomic E-state index is 13.3. The van der Waals surface area contributed by atoms with Gasteiger partial charge < -0.3 is 24.9 Å². The summed E-state index contributed by atoms with van der Waals surface area (Å²) in [4.78, 5) is 12.6. The molecule has 2 aromatic carbocycles. The highest BCUT2D eigenvalue weighted by atomic mass is 19.1. The lowest BCUT2D eigenvalue weighted by Gasteiger charge is -2.16. The zero-order valence-electron chi connectivity index (χ0n) is 15.6. The van der Waals surface area contributed by atoms with Crippen LogP contribution in [0.3, 0.4) is 0 Å². The van der Waals surface area contributed by atoms with Gasteiger partial charge in [0.15, 0.2) is 0 Å². The molecule has 0 saturated heterocycles. The first-order valence-corrected chi connectivity index (χ1v) is 9.10. The number of amides is 1. The highest BCUT2D eigenvalue weighted by Gasteiger charge is 2.27. The molecule has 28 heavy (non-hydrogen) atoms. The maximum atomic E-state index is 13.3. The Morgan fingerprint density at radius 2 is 2.07 bits per heavy atom. The summed E-state index contributed by atoms with van der Waals surface area (Å²) in [6, 6.07) is 9.54. The minimum atomic E-state index is -0.360. The van der Waals surface area contributed by atoms with Gasteiger partial charge in [0.2, 0.25) is 0 Å². The van der Waals surface area contributed by atoms with Gasteiger partial charge in [0, 0.05) is 41.9 Å². The fraction of sp³-hybridized carbons (Fsp3) is 0.286. The van der Waals surface area contributed by atoms with Crippen LogP contribution in [-0.4, -0.2) is 37.3 Å². The number of benzene rings is 2. The van der Waals surface area contributed by atoms with E-state index in [9.17, 15) is 14.3 Å². The number of anilines is 1. The minimum Gasteiger partial charge on any atom is -0.455 e. The summed E-state index contributed by atoms with van der Waals surface area (Å²) in [6.45, 7) is 2.29. The molecule has 7 heteroatoms. The van der Waals surface area contributed by atoms with Crippen LogP contribution in [0.15, 0.2) is 40.8 Å². The summed E-state index contributed by atoms with van der Waals surface area (Å²) >= 11 is 0. The molecule has 0 aliphatic carbocycles. The number of hydrogen-bond acceptors (Lipinski definition) is 5. The normalized spacial score (nSPS) is 19.0. The summed E-state index contributed by atoms with van der Waals surface area (Å²) < 4.78 is 25.2. The standard InChI is InChI=1S/C21H21FN2O4/c1-11-15-7-16-18(8-17(15)24-9-14(10-25)27-11)28-20(19(16)21(26)23-2)12-3-5-13(22)6-4-12/h3-8,11,14,24-25H,9-10H2,1-2H3,(H,23,26). The van der Waals surface area contributed by atoms with Gasteiger partial charge in [-0.2, -0.15) is 0 Å². The lowest BCUT2D eigenvalue weighted by molar-refractivity contribution is -0.0216. The van der Waals surface area contributed by atoms with Crippen molar-refractivity contribution in [3.05, 3.63) is 53.3 Å². The number of fused-ring (bicyclic) bond motifs is 2. The first kappa shape index (κ1) is 18.5. The summed E-state index contributed by atoms with van der Waals surface area (Å²) in [5.74, 6) is -0.264. The number of halogens is 1. The van der Waals surface area contributed by atoms with Crippen molar-refractivity contribution in [2.75, 3.05) is 25.5 Å². The molecule has 1 amide bonds. The average molecular weight is 384 g/mol. The molecular weight excluding hydrogens is 363 g/mol. The van der Waals surface area contributed by atoms with Crippen LogP contribution in [0, 0.1) is 5.82 Å². The third-order valence-electron chi connectivity index (χ3n) is 4.98. The number of aliphatic hydroxyl groups excluding tert-OH is 1. The summed E-state index contributed by atoms with van der Waals surface area (Å²) in [7, 11) is 1.55. The second kappa shape index (κ2) is 7.26. The Morgan fingerprint density at radius 3 is 2.75 bits per heavy atom. The number of ether oxygens (including phenoxy) is 1. The molecule has 2 unspecified atom stereocenters. The Balaban J connectivity index is 1.91. The van der Waals surface area contributed by atoms with E-state index >= 15 is 0 Å². The van der Waals surface area contributed by atoms with Gasteiger partial charge >= 0.3 is 0 Å². The smallest absolute Gasteiger partial charge is 0.255 e. The summed E-state index contributed by atoms with van der Waals surface area (Å²) in [5.41, 5.74) is 3.25. The fourth-order valence-electron chi connectivity index (χ4n) is 3.55. The maximum Gasteiger partial charge on any atom is 0.255 e. The summed E-state index contributed by atoms with van der Waals surface area (Å²) in [6.07, 6.45) is -0.588. The van der Waals surface area contributed by atoms with Gasteiger partial charge in [-0.3, -0.25) is 4.79 Å². The van der Waals surface area contributed by atoms with Crippen molar-refractivity contribution < 1.29 is 23.4 Å². The molecule has 6 nitrogen and oxygen atoms in total. The predicted octanol–water partition coefficient (Wildman–Crippen LogP) is 3.46. The van der Waals surface area contributed by atoms with Gasteiger partial charge in [0.25, 0.3) is 5.91 Å². The van der Waals surface area contributed by atoms with Gasteiger partial charge in [0.05, 0.1) is 24.4 Å². The third-order valence-corrected chi connectivity index (χ3v) is 4.98. The molecule has 1 aliphatic heterocycles. The van der Waals surface area contributed by atoms with Crippen LogP contribution in [0.25, 0.3) is 22.3 Å². The van der Waals surface area contributed by atoms with E-state index in [2.05, 4.69) is 10.6 Å². The zero-order chi connectivity index (χ0) is 19.8. The molecular formula is C21H21FN2O4. The molecule has 0 radical (unpaired) electrons. The van der Waals surface area contributed by atoms with Crippen LogP contribution in [0.4, 0.5) is 10.1 Å². The number of rotatable bonds is 3. The predicted molar refractivity (Wildman–Crippen MR) is 104 cm³/mol. The SMILES string of the molecule is CNC(=O)c1c(-c2ccc(F)cc2)oc2cc3c(cc12)C(C)OC(CO)CN3. The van der Waals surface area contributed by atoms with E-state index in [-0.39, 0.29) is 30.5 Å². The number of nitrogens with one attached hydrogen (secondary N) is 2. The molecule has 0 spiro atoms. The number of hydrogen-bond donors (Lipinski definition) is 3. The van der Waals surface area contributed by atoms with Gasteiger partial charge in [0.1, 0.15) is 17.2 Å². The van der Waals surface area contributed by atoms with E-state index in [1.807, 2.05) is 19.1 Å². The van der Waals surface area contributed by atoms with Crippen molar-refractivity contribution in [1.29, 1.82) is 0 Å². The molecule has 1 aliphatic rings. The average Bonchev–Trinajstić information content (AvgIpc) is 3.00.